The predicted octanol–water partition coefficient (Wildman–Crippen LogP) is 23.6. The Bertz CT molecular complexity index is 6050. The number of phenols is 6. The molecule has 7 heteroatoms. The summed E-state index contributed by atoms with van der Waals surface area (Å²) in [6.07, 6.45) is 0. The molecule has 6 N–H and O–H groups in total. The van der Waals surface area contributed by atoms with E-state index in [4.69, 9.17) is 0 Å². The van der Waals surface area contributed by atoms with Crippen molar-refractivity contribution >= 4 is 64.6 Å². The monoisotopic (exact) mass is 1600 g/mol. The van der Waals surface area contributed by atoms with Crippen molar-refractivity contribution in [3.63, 3.8) is 0 Å². The first-order valence-electron chi connectivity index (χ1n) is 36.9. The maximum Gasteiger partial charge on any atom is 0.124 e. The van der Waals surface area contributed by atoms with Crippen LogP contribution in [0.15, 0.2) is 364 Å². The second-order valence-electron chi connectivity index (χ2n) is 27.1. The smallest absolute Gasteiger partial charge is 0.124 e. The van der Waals surface area contributed by atoms with E-state index in [0.29, 0.717) is 33.4 Å². The molecule has 0 saturated carbocycles. The fraction of sp³-hybridized carbons (Fsp3) is 0. The van der Waals surface area contributed by atoms with Crippen molar-refractivity contribution < 1.29 is 66.2 Å². The van der Waals surface area contributed by atoms with Gasteiger partial charge in [0, 0.05) is 136 Å². The number of rotatable bonds is 3. The normalized spacial score (nSPS) is 10.3. The van der Waals surface area contributed by atoms with Crippen LogP contribution in [0.4, 0.5) is 0 Å². The Balaban J connectivity index is 0.000000135. The zero-order valence-corrected chi connectivity index (χ0v) is 65.5. The summed E-state index contributed by atoms with van der Waals surface area (Å²) in [5.74, 6) is 39.1. The maximum absolute atomic E-state index is 11.0. The topological polar surface area (TPSA) is 121 Å². The van der Waals surface area contributed by atoms with Crippen LogP contribution < -0.4 is 0 Å². The van der Waals surface area contributed by atoms with Crippen molar-refractivity contribution in [2.75, 3.05) is 0 Å². The summed E-state index contributed by atoms with van der Waals surface area (Å²) in [7, 11) is 0. The summed E-state index contributed by atoms with van der Waals surface area (Å²) in [6.45, 7) is 0. The van der Waals surface area contributed by atoms with Gasteiger partial charge in [-0.05, 0) is 247 Å². The molecule has 0 aliphatic rings. The van der Waals surface area contributed by atoms with Gasteiger partial charge < -0.3 is 30.6 Å². The number of benzene rings is 18. The Kier molecular flexibility index (Phi) is 22.8. The van der Waals surface area contributed by atoms with Crippen LogP contribution in [0, 0.1) is 107 Å². The molecule has 6 nitrogen and oxygen atoms in total. The van der Waals surface area contributed by atoms with E-state index in [0.717, 1.165) is 131 Å². The van der Waals surface area contributed by atoms with Crippen molar-refractivity contribution in [2.24, 2.45) is 0 Å². The van der Waals surface area contributed by atoms with Crippen LogP contribution >= 0.6 is 0 Å². The second kappa shape index (κ2) is 34.8. The fourth-order valence-corrected chi connectivity index (χ4v) is 13.9. The van der Waals surface area contributed by atoms with Crippen molar-refractivity contribution in [1.82, 2.24) is 0 Å². The van der Waals surface area contributed by atoms with Gasteiger partial charge in [0.15, 0.2) is 0 Å². The van der Waals surface area contributed by atoms with Gasteiger partial charge in [-0.15, -0.1) is 0 Å². The summed E-state index contributed by atoms with van der Waals surface area (Å²) < 4.78 is 0. The first-order chi connectivity index (χ1) is 56.0. The Labute approximate surface area is 694 Å². The minimum absolute atomic E-state index is 0. The van der Waals surface area contributed by atoms with Gasteiger partial charge in [0.25, 0.3) is 0 Å². The molecule has 0 aliphatic heterocycles. The van der Waals surface area contributed by atoms with Gasteiger partial charge in [0.1, 0.15) is 34.5 Å². The number of aromatic hydroxyl groups is 6. The first-order valence-corrected chi connectivity index (χ1v) is 36.9. The molecule has 0 amide bonds. The second-order valence-corrected chi connectivity index (χ2v) is 27.1. The van der Waals surface area contributed by atoms with Crippen molar-refractivity contribution in [3.8, 4) is 139 Å². The van der Waals surface area contributed by atoms with Gasteiger partial charge in [0.05, 0.1) is 0 Å². The molecule has 0 saturated heterocycles. The van der Waals surface area contributed by atoms with E-state index in [2.05, 4.69) is 71.0 Å². The number of fused-ring (bicyclic) bond motifs is 6. The minimum Gasteiger partial charge on any atom is -0.507 e. The van der Waals surface area contributed by atoms with Crippen molar-refractivity contribution in [2.45, 2.75) is 0 Å². The molecule has 18 aromatic rings. The third kappa shape index (κ3) is 17.4. The molecule has 0 aliphatic carbocycles. The van der Waals surface area contributed by atoms with Gasteiger partial charge in [-0.2, -0.15) is 0 Å². The van der Waals surface area contributed by atoms with E-state index in [1.54, 1.807) is 36.4 Å². The summed E-state index contributed by atoms with van der Waals surface area (Å²) in [4.78, 5) is 0. The molecule has 115 heavy (non-hydrogen) atoms. The number of phenolic OH excluding ortho intramolecular Hbond substituents is 6. The third-order valence-corrected chi connectivity index (χ3v) is 19.5. The Morgan fingerprint density at radius 1 is 0.130 bits per heavy atom. The molecular weight excluding hydrogens is 1530 g/mol. The van der Waals surface area contributed by atoms with E-state index in [1.165, 1.54) is 0 Å². The van der Waals surface area contributed by atoms with Crippen LogP contribution in [-0.4, -0.2) is 30.6 Å². The van der Waals surface area contributed by atoms with E-state index >= 15 is 0 Å². The van der Waals surface area contributed by atoms with Crippen molar-refractivity contribution in [1.29, 1.82) is 0 Å². The zero-order valence-electron chi connectivity index (χ0n) is 61.9. The number of hydrogen-bond acceptors (Lipinski definition) is 6. The number of hydrogen-bond donors (Lipinski definition) is 6. The van der Waals surface area contributed by atoms with Crippen LogP contribution in [0.5, 0.6) is 34.5 Å². The molecule has 0 bridgehead atoms. The average Bonchev–Trinajstić information content (AvgIpc) is 0.764. The molecule has 0 atom stereocenters. The third-order valence-electron chi connectivity index (χ3n) is 19.5. The molecule has 0 fully saturated rings. The van der Waals surface area contributed by atoms with Gasteiger partial charge in [-0.1, -0.05) is 253 Å². The molecule has 0 spiro atoms. The van der Waals surface area contributed by atoms with Gasteiger partial charge in [0.2, 0.25) is 0 Å². The zero-order chi connectivity index (χ0) is 77.7. The Hall–Kier alpha value is -15.1. The molecule has 0 unspecified atom stereocenters. The predicted molar refractivity (Wildman–Crippen MR) is 465 cm³/mol. The molecule has 0 aromatic heterocycles. The Morgan fingerprint density at radius 2 is 0.261 bits per heavy atom. The average molecular weight is 1600 g/mol. The SMILES string of the molecule is Oc1ccc2cc(C#Cc3ccccc3)ccc2c1-c1c(O)ccc2cc(C#Cc3ccccc3)ccc12.Oc1ccc2cc(C#Cc3ccccc3)ccc2c1-c1c(O)ccc2cc(C#Cc3ccccc3)ccc12.Oc1ccc2cc(C#Cc3ccccc3)ccc2c1-c1c(O)ccc2cc(C#Cc3ccccc3)ccc12.[La]. The van der Waals surface area contributed by atoms with Crippen LogP contribution in [0.2, 0.25) is 0 Å². The fourth-order valence-electron chi connectivity index (χ4n) is 13.9. The van der Waals surface area contributed by atoms with E-state index < -0.39 is 0 Å². The quantitative estimate of drug-likeness (QED) is 0.0981. The molecule has 0 heterocycles. The van der Waals surface area contributed by atoms with Crippen LogP contribution in [0.1, 0.15) is 66.8 Å². The molecule has 18 rings (SSSR count). The largest absolute Gasteiger partial charge is 0.507 e. The summed E-state index contributed by atoms with van der Waals surface area (Å²) in [5, 5.41) is 76.4. The molecule has 18 aromatic carbocycles. The van der Waals surface area contributed by atoms with Gasteiger partial charge in [-0.3, -0.25) is 0 Å². The summed E-state index contributed by atoms with van der Waals surface area (Å²) >= 11 is 0. The van der Waals surface area contributed by atoms with Crippen LogP contribution in [0.25, 0.3) is 98.0 Å². The summed E-state index contributed by atoms with van der Waals surface area (Å²) in [6, 6.07) is 116. The van der Waals surface area contributed by atoms with Crippen LogP contribution in [-0.2, 0) is 0 Å². The summed E-state index contributed by atoms with van der Waals surface area (Å²) in [5.41, 5.74) is 14.5. The minimum atomic E-state index is 0. The molecular formula is C108H66LaO6. The molecule has 1 radical (unpaired) electrons. The Morgan fingerprint density at radius 3 is 0.400 bits per heavy atom. The van der Waals surface area contributed by atoms with E-state index in [-0.39, 0.29) is 70.1 Å². The standard InChI is InChI=1S/3C36H22O2.La/c3*37-33-21-17-29-23-27(13-11-25-7-3-1-4-8-25)15-19-31(29)35(33)36-32-20-16-28(24-30(32)18-22-34(36)38)14-12-26-9-5-2-6-10-26;/h3*1-10,15-24,37-38H;. The van der Waals surface area contributed by atoms with Crippen molar-refractivity contribution in [3.05, 3.63) is 431 Å². The maximum atomic E-state index is 11.0. The van der Waals surface area contributed by atoms with Gasteiger partial charge in [-0.25, -0.2) is 0 Å². The molecule has 537 valence electrons. The van der Waals surface area contributed by atoms with Gasteiger partial charge >= 0.3 is 0 Å². The van der Waals surface area contributed by atoms with E-state index in [1.807, 2.05) is 328 Å². The van der Waals surface area contributed by atoms with Crippen LogP contribution in [0.3, 0.4) is 0 Å². The van der Waals surface area contributed by atoms with E-state index in [9.17, 15) is 30.6 Å². The first kappa shape index (κ1) is 75.3.